The van der Waals surface area contributed by atoms with E-state index in [2.05, 4.69) is 4.98 Å². The first kappa shape index (κ1) is 23.1. The molecule has 0 unspecified atom stereocenters. The number of carbonyl (C=O) groups is 2. The van der Waals surface area contributed by atoms with Crippen molar-refractivity contribution in [2.45, 2.75) is 13.5 Å². The van der Waals surface area contributed by atoms with Crippen LogP contribution in [0.2, 0.25) is 10.0 Å². The van der Waals surface area contributed by atoms with Gasteiger partial charge in [0.2, 0.25) is 0 Å². The zero-order valence-electron chi connectivity index (χ0n) is 18.8. The van der Waals surface area contributed by atoms with E-state index in [0.717, 1.165) is 16.6 Å². The van der Waals surface area contributed by atoms with Crippen LogP contribution < -0.4 is 4.74 Å². The Kier molecular flexibility index (Phi) is 6.29. The maximum atomic E-state index is 12.6. The lowest BCUT2D eigenvalue weighted by atomic mass is 10.1. The maximum absolute atomic E-state index is 12.6. The summed E-state index contributed by atoms with van der Waals surface area (Å²) >= 11 is 13.1. The van der Waals surface area contributed by atoms with E-state index in [1.54, 1.807) is 48.6 Å². The highest BCUT2D eigenvalue weighted by molar-refractivity contribution is 6.37. The van der Waals surface area contributed by atoms with E-state index < -0.39 is 0 Å². The molecule has 0 spiro atoms. The van der Waals surface area contributed by atoms with Crippen LogP contribution in [0.5, 0.6) is 5.75 Å². The number of ether oxygens (including phenoxy) is 1. The number of para-hydroxylation sites is 1. The van der Waals surface area contributed by atoms with Gasteiger partial charge >= 0.3 is 0 Å². The summed E-state index contributed by atoms with van der Waals surface area (Å²) in [6, 6.07) is 20.1. The van der Waals surface area contributed by atoms with Gasteiger partial charge < -0.3 is 4.74 Å². The topological polar surface area (TPSA) is 59.5 Å². The van der Waals surface area contributed by atoms with Crippen molar-refractivity contribution in [3.63, 3.8) is 0 Å². The molecule has 35 heavy (non-hydrogen) atoms. The summed E-state index contributed by atoms with van der Waals surface area (Å²) < 4.78 is 6.07. The van der Waals surface area contributed by atoms with Crippen molar-refractivity contribution in [1.29, 1.82) is 0 Å². The molecule has 1 aliphatic heterocycles. The Balaban J connectivity index is 1.34. The van der Waals surface area contributed by atoms with E-state index in [9.17, 15) is 9.59 Å². The number of amides is 2. The summed E-state index contributed by atoms with van der Waals surface area (Å²) in [7, 11) is 0. The van der Waals surface area contributed by atoms with Gasteiger partial charge in [0.05, 0.1) is 16.1 Å². The Morgan fingerprint density at radius 3 is 2.40 bits per heavy atom. The van der Waals surface area contributed by atoms with Crippen molar-refractivity contribution < 1.29 is 14.3 Å². The van der Waals surface area contributed by atoms with Gasteiger partial charge in [-0.15, -0.1) is 0 Å². The van der Waals surface area contributed by atoms with Crippen LogP contribution in [0, 0.1) is 6.92 Å². The normalized spacial score (nSPS) is 13.2. The second-order valence-corrected chi connectivity index (χ2v) is 8.95. The number of hydrogen-bond donors (Lipinski definition) is 0. The smallest absolute Gasteiger partial charge is 0.261 e. The summed E-state index contributed by atoms with van der Waals surface area (Å²) in [6.45, 7) is 2.23. The van der Waals surface area contributed by atoms with Crippen LogP contribution in [0.25, 0.3) is 17.0 Å². The number of carbonyl (C=O) groups excluding carboxylic acids is 2. The Hall–Kier alpha value is -3.67. The predicted octanol–water partition coefficient (Wildman–Crippen LogP) is 6.74. The molecular formula is C28H20Cl2N2O3. The minimum absolute atomic E-state index is 0.137. The second kappa shape index (κ2) is 9.53. The number of pyridine rings is 1. The van der Waals surface area contributed by atoms with Crippen LogP contribution in [-0.2, 0) is 6.61 Å². The molecule has 0 saturated heterocycles. The highest BCUT2D eigenvalue weighted by Crippen LogP contribution is 2.32. The van der Waals surface area contributed by atoms with Gasteiger partial charge in [-0.2, -0.15) is 0 Å². The molecule has 1 aliphatic rings. The minimum Gasteiger partial charge on any atom is -0.487 e. The van der Waals surface area contributed by atoms with E-state index in [1.165, 1.54) is 4.90 Å². The third-order valence-corrected chi connectivity index (χ3v) is 6.67. The van der Waals surface area contributed by atoms with E-state index in [0.29, 0.717) is 38.0 Å². The van der Waals surface area contributed by atoms with Crippen LogP contribution in [0.15, 0.2) is 72.8 Å². The summed E-state index contributed by atoms with van der Waals surface area (Å²) in [5, 5.41) is 1.91. The van der Waals surface area contributed by atoms with Crippen LogP contribution in [0.1, 0.15) is 37.5 Å². The van der Waals surface area contributed by atoms with Gasteiger partial charge in [-0.05, 0) is 42.8 Å². The fourth-order valence-corrected chi connectivity index (χ4v) is 4.59. The Bertz CT molecular complexity index is 1480. The lowest BCUT2D eigenvalue weighted by molar-refractivity contribution is 0.0672. The van der Waals surface area contributed by atoms with Gasteiger partial charge in [0.25, 0.3) is 11.8 Å². The van der Waals surface area contributed by atoms with Gasteiger partial charge in [0.1, 0.15) is 17.9 Å². The number of benzene rings is 3. The fraction of sp³-hybridized carbons (Fsp3) is 0.107. The zero-order valence-corrected chi connectivity index (χ0v) is 20.3. The minimum atomic E-state index is -0.300. The highest BCUT2D eigenvalue weighted by Gasteiger charge is 2.34. The lowest BCUT2D eigenvalue weighted by Crippen LogP contribution is -2.29. The van der Waals surface area contributed by atoms with Crippen LogP contribution in [0.3, 0.4) is 0 Å². The van der Waals surface area contributed by atoms with Crippen molar-refractivity contribution >= 4 is 52.0 Å². The molecule has 5 rings (SSSR count). The average molecular weight is 503 g/mol. The number of aromatic nitrogens is 1. The number of aryl methyl sites for hydroxylation is 1. The quantitative estimate of drug-likeness (QED) is 0.274. The number of nitrogens with zero attached hydrogens (tertiary/aromatic N) is 2. The van der Waals surface area contributed by atoms with Gasteiger partial charge in [-0.3, -0.25) is 14.5 Å². The molecule has 0 atom stereocenters. The van der Waals surface area contributed by atoms with Crippen molar-refractivity contribution in [2.75, 3.05) is 6.54 Å². The third-order valence-electron chi connectivity index (χ3n) is 5.87. The Morgan fingerprint density at radius 2 is 1.66 bits per heavy atom. The first-order valence-corrected chi connectivity index (χ1v) is 11.8. The molecule has 0 aliphatic carbocycles. The molecule has 4 aromatic rings. The molecule has 2 heterocycles. The van der Waals surface area contributed by atoms with Gasteiger partial charge in [-0.1, -0.05) is 71.8 Å². The summed E-state index contributed by atoms with van der Waals surface area (Å²) in [5.74, 6) is 0.0425. The van der Waals surface area contributed by atoms with E-state index >= 15 is 0 Å². The molecular weight excluding hydrogens is 483 g/mol. The molecule has 5 nitrogen and oxygen atoms in total. The summed E-state index contributed by atoms with van der Waals surface area (Å²) in [4.78, 5) is 30.9. The second-order valence-electron chi connectivity index (χ2n) is 8.17. The first-order chi connectivity index (χ1) is 16.9. The molecule has 3 aromatic carbocycles. The number of rotatable bonds is 6. The number of fused-ring (bicyclic) bond motifs is 2. The molecule has 0 fully saturated rings. The summed E-state index contributed by atoms with van der Waals surface area (Å²) in [6.07, 6.45) is 3.51. The predicted molar refractivity (Wildman–Crippen MR) is 138 cm³/mol. The zero-order chi connectivity index (χ0) is 24.5. The third kappa shape index (κ3) is 4.41. The van der Waals surface area contributed by atoms with E-state index in [4.69, 9.17) is 27.9 Å². The molecule has 2 amide bonds. The van der Waals surface area contributed by atoms with E-state index in [-0.39, 0.29) is 25.0 Å². The highest BCUT2D eigenvalue weighted by atomic mass is 35.5. The molecule has 0 N–H and O–H groups in total. The number of hydrogen-bond acceptors (Lipinski definition) is 4. The number of imide groups is 1. The van der Waals surface area contributed by atoms with Gasteiger partial charge in [-0.25, -0.2) is 4.98 Å². The molecule has 0 saturated carbocycles. The van der Waals surface area contributed by atoms with E-state index in [1.807, 2.05) is 37.3 Å². The van der Waals surface area contributed by atoms with Gasteiger partial charge in [0.15, 0.2) is 0 Å². The molecule has 174 valence electrons. The largest absolute Gasteiger partial charge is 0.487 e. The molecule has 1 aromatic heterocycles. The Morgan fingerprint density at radius 1 is 0.914 bits per heavy atom. The van der Waals surface area contributed by atoms with Crippen LogP contribution in [-0.4, -0.2) is 28.2 Å². The SMILES string of the molecule is Cc1ccc2cccc(OCc3c(Cl)ccc(/C=C/CN4C(=O)c5ccccc5C4=O)c3Cl)c2n1. The first-order valence-electron chi connectivity index (χ1n) is 11.0. The van der Waals surface area contributed by atoms with Gasteiger partial charge in [0, 0.05) is 28.2 Å². The molecule has 7 heteroatoms. The van der Waals surface area contributed by atoms with Crippen molar-refractivity contribution in [2.24, 2.45) is 0 Å². The van der Waals surface area contributed by atoms with Crippen molar-refractivity contribution in [3.8, 4) is 5.75 Å². The lowest BCUT2D eigenvalue weighted by Gasteiger charge is -2.13. The Labute approximate surface area is 212 Å². The van der Waals surface area contributed by atoms with Crippen molar-refractivity contribution in [1.82, 2.24) is 9.88 Å². The monoisotopic (exact) mass is 502 g/mol. The standard InChI is InChI=1S/C28H20Cl2N2O3/c1-17-11-12-19-6-4-10-24(26(19)31-17)35-16-22-23(29)14-13-18(25(22)30)7-5-15-32-27(33)20-8-2-3-9-21(20)28(32)34/h2-14H,15-16H2,1H3/b7-5+. The fourth-order valence-electron chi connectivity index (χ4n) is 4.05. The molecule has 0 bridgehead atoms. The number of halogens is 2. The summed E-state index contributed by atoms with van der Waals surface area (Å²) in [5.41, 5.74) is 3.87. The van der Waals surface area contributed by atoms with Crippen molar-refractivity contribution in [3.05, 3.63) is 111 Å². The maximum Gasteiger partial charge on any atom is 0.261 e. The average Bonchev–Trinajstić information content (AvgIpc) is 3.10. The molecule has 0 radical (unpaired) electrons. The van der Waals surface area contributed by atoms with Crippen LogP contribution >= 0.6 is 23.2 Å². The van der Waals surface area contributed by atoms with Crippen LogP contribution in [0.4, 0.5) is 0 Å².